The number of nitrogens with zero attached hydrogens (tertiary/aromatic N) is 4. The van der Waals surface area contributed by atoms with Crippen LogP contribution in [0.25, 0.3) is 11.3 Å². The van der Waals surface area contributed by atoms with E-state index in [1.165, 1.54) is 27.9 Å². The van der Waals surface area contributed by atoms with Gasteiger partial charge in [-0.2, -0.15) is 0 Å². The summed E-state index contributed by atoms with van der Waals surface area (Å²) in [7, 11) is 0. The summed E-state index contributed by atoms with van der Waals surface area (Å²) < 4.78 is 5.52. The number of carbonyl (C=O) groups is 3. The molecule has 4 N–H and O–H groups in total. The van der Waals surface area contributed by atoms with Crippen molar-refractivity contribution in [3.8, 4) is 11.3 Å². The van der Waals surface area contributed by atoms with Crippen LogP contribution in [0.1, 0.15) is 197 Å². The summed E-state index contributed by atoms with van der Waals surface area (Å²) in [5.74, 6) is 3.73. The quantitative estimate of drug-likeness (QED) is 0.159. The molecule has 1 aliphatic carbocycles. The standard InChI is InChI=1S/C48H70N8O4/c1-26(2)29(6)45(57)55-20-10-12-38(55)43-49-24-36(52-43)31-16-14-30(15-17-31)32-18-19-33(41-35-23-28(5)22-34(51-35)40(32)41)37-25-50-44(53-37)39-13-11-21-56(39)46(58)42(27(3)4)54-47(59)60-48(7,8)9/h18-19,24-31,34-35,38-39,42,51H,10-17,20-23H2,1-9H3,(H,49,52)(H,50,53)(H,54,59)/t28?,29-,30?,31?,34?,35?,38-,39-,42-/m0/s1. The Morgan fingerprint density at radius 3 is 2.00 bits per heavy atom. The molecule has 12 nitrogen and oxygen atoms in total. The van der Waals surface area contributed by atoms with Crippen molar-refractivity contribution < 1.29 is 19.1 Å². The molecule has 3 unspecified atom stereocenters. The fourth-order valence-electron chi connectivity index (χ4n) is 11.1. The second-order valence-corrected chi connectivity index (χ2v) is 20.6. The van der Waals surface area contributed by atoms with Crippen molar-refractivity contribution in [1.82, 2.24) is 40.4 Å². The number of benzene rings is 1. The summed E-state index contributed by atoms with van der Waals surface area (Å²) in [6.45, 7) is 19.5. The zero-order chi connectivity index (χ0) is 42.6. The molecule has 0 spiro atoms. The number of hydrogen-bond acceptors (Lipinski definition) is 7. The van der Waals surface area contributed by atoms with Gasteiger partial charge in [0.25, 0.3) is 0 Å². The summed E-state index contributed by atoms with van der Waals surface area (Å²) in [6, 6.07) is 4.56. The van der Waals surface area contributed by atoms with E-state index >= 15 is 0 Å². The van der Waals surface area contributed by atoms with Crippen LogP contribution in [0.5, 0.6) is 0 Å². The molecule has 12 heteroatoms. The topological polar surface area (TPSA) is 148 Å². The number of hydrogen-bond donors (Lipinski definition) is 4. The molecule has 0 radical (unpaired) electrons. The van der Waals surface area contributed by atoms with Gasteiger partial charge in [0.2, 0.25) is 11.8 Å². The summed E-state index contributed by atoms with van der Waals surface area (Å²) >= 11 is 0. The largest absolute Gasteiger partial charge is 0.444 e. The first-order chi connectivity index (χ1) is 28.6. The Balaban J connectivity index is 0.986. The second kappa shape index (κ2) is 16.9. The Bertz CT molecular complexity index is 2040. The number of alkyl carbamates (subject to hydrolysis) is 1. The Hall–Kier alpha value is -4.19. The minimum Gasteiger partial charge on any atom is -0.444 e. The summed E-state index contributed by atoms with van der Waals surface area (Å²) in [4.78, 5) is 61.4. The third-order valence-corrected chi connectivity index (χ3v) is 14.5. The molecule has 1 saturated carbocycles. The molecule has 60 heavy (non-hydrogen) atoms. The predicted molar refractivity (Wildman–Crippen MR) is 233 cm³/mol. The molecular formula is C48H70N8O4. The van der Waals surface area contributed by atoms with E-state index in [2.05, 4.69) is 71.5 Å². The van der Waals surface area contributed by atoms with Crippen LogP contribution in [-0.4, -0.2) is 72.4 Å². The molecule has 5 aliphatic rings. The molecule has 6 heterocycles. The molecular weight excluding hydrogens is 753 g/mol. The Morgan fingerprint density at radius 1 is 0.767 bits per heavy atom. The highest BCUT2D eigenvalue weighted by Crippen LogP contribution is 2.53. The van der Waals surface area contributed by atoms with Gasteiger partial charge in [-0.25, -0.2) is 14.8 Å². The molecule has 3 amide bonds. The number of ether oxygens (including phenoxy) is 1. The van der Waals surface area contributed by atoms with Crippen LogP contribution in [0.4, 0.5) is 4.79 Å². The average Bonchev–Trinajstić information content (AvgIpc) is 4.05. The van der Waals surface area contributed by atoms with E-state index in [4.69, 9.17) is 14.7 Å². The van der Waals surface area contributed by atoms with Gasteiger partial charge in [-0.1, -0.05) is 53.7 Å². The second-order valence-electron chi connectivity index (χ2n) is 20.6. The van der Waals surface area contributed by atoms with Crippen LogP contribution in [0.3, 0.4) is 0 Å². The molecule has 3 aromatic rings. The van der Waals surface area contributed by atoms with Gasteiger partial charge in [-0.3, -0.25) is 9.59 Å². The number of amides is 3. The fraction of sp³-hybridized carbons (Fsp3) is 0.688. The number of piperidine rings is 1. The maximum Gasteiger partial charge on any atom is 0.408 e. The van der Waals surface area contributed by atoms with Gasteiger partial charge < -0.3 is 35.1 Å². The predicted octanol–water partition coefficient (Wildman–Crippen LogP) is 9.52. The van der Waals surface area contributed by atoms with E-state index in [-0.39, 0.29) is 35.7 Å². The number of nitrogens with one attached hydrogen (secondary N) is 4. The fourth-order valence-corrected chi connectivity index (χ4v) is 11.1. The van der Waals surface area contributed by atoms with Gasteiger partial charge in [0.15, 0.2) is 0 Å². The van der Waals surface area contributed by atoms with Gasteiger partial charge in [0, 0.05) is 54.5 Å². The lowest BCUT2D eigenvalue weighted by atomic mass is 9.75. The van der Waals surface area contributed by atoms with Crippen molar-refractivity contribution in [2.75, 3.05) is 13.1 Å². The molecule has 8 rings (SSSR count). The molecule has 4 fully saturated rings. The lowest BCUT2D eigenvalue weighted by molar-refractivity contribution is -0.137. The van der Waals surface area contributed by atoms with Crippen molar-refractivity contribution in [2.45, 2.75) is 174 Å². The number of H-pyrrole nitrogens is 2. The number of carbonyl (C=O) groups excluding carboxylic acids is 3. The number of likely N-dealkylation sites (tertiary alicyclic amines) is 2. The van der Waals surface area contributed by atoms with Gasteiger partial charge in [0.1, 0.15) is 23.3 Å². The van der Waals surface area contributed by atoms with Crippen molar-refractivity contribution in [3.05, 3.63) is 58.6 Å². The minimum atomic E-state index is -0.691. The number of aromatic nitrogens is 4. The summed E-state index contributed by atoms with van der Waals surface area (Å²) in [5, 5.41) is 6.89. The molecule has 7 atom stereocenters. The van der Waals surface area contributed by atoms with Gasteiger partial charge in [-0.05, 0) is 125 Å². The first-order valence-corrected chi connectivity index (χ1v) is 23.2. The monoisotopic (exact) mass is 823 g/mol. The lowest BCUT2D eigenvalue weighted by Gasteiger charge is -2.31. The average molecular weight is 823 g/mol. The number of imidazole rings is 2. The van der Waals surface area contributed by atoms with E-state index in [9.17, 15) is 14.4 Å². The lowest BCUT2D eigenvalue weighted by Crippen LogP contribution is -2.52. The van der Waals surface area contributed by atoms with Crippen LogP contribution < -0.4 is 10.6 Å². The first-order valence-electron chi connectivity index (χ1n) is 23.2. The number of fused-ring (bicyclic) bond motifs is 5. The van der Waals surface area contributed by atoms with E-state index < -0.39 is 17.7 Å². The number of aromatic amines is 2. The SMILES string of the molecule is CC1CC2NC(C1)c1c(C3CCC(c4cnc([C@@H]5CCCN5C(=O)[C@@H](C)C(C)C)[nH]4)CC3)ccc(-c3cnc([C@@H]4CCCN4C(=O)[C@@H](NC(=O)OC(C)(C)C)C(C)C)[nH]3)c12. The smallest absolute Gasteiger partial charge is 0.408 e. The first kappa shape index (κ1) is 42.5. The van der Waals surface area contributed by atoms with Gasteiger partial charge in [0.05, 0.1) is 24.0 Å². The van der Waals surface area contributed by atoms with E-state index in [0.29, 0.717) is 42.3 Å². The zero-order valence-electron chi connectivity index (χ0n) is 37.6. The van der Waals surface area contributed by atoms with Crippen molar-refractivity contribution in [3.63, 3.8) is 0 Å². The van der Waals surface area contributed by atoms with Crippen LogP contribution in [0, 0.1) is 23.7 Å². The van der Waals surface area contributed by atoms with Gasteiger partial charge in [-0.15, -0.1) is 0 Å². The van der Waals surface area contributed by atoms with E-state index in [1.807, 2.05) is 45.7 Å². The Kier molecular flexibility index (Phi) is 12.0. The molecule has 3 saturated heterocycles. The Labute approximate surface area is 357 Å². The zero-order valence-corrected chi connectivity index (χ0v) is 37.6. The van der Waals surface area contributed by atoms with Gasteiger partial charge >= 0.3 is 6.09 Å². The highest BCUT2D eigenvalue weighted by atomic mass is 16.6. The van der Waals surface area contributed by atoms with Crippen LogP contribution in [0.2, 0.25) is 0 Å². The van der Waals surface area contributed by atoms with Crippen LogP contribution >= 0.6 is 0 Å². The van der Waals surface area contributed by atoms with Crippen molar-refractivity contribution in [1.29, 1.82) is 0 Å². The molecule has 326 valence electrons. The minimum absolute atomic E-state index is 0.0148. The number of rotatable bonds is 10. The molecule has 4 aliphatic heterocycles. The maximum atomic E-state index is 14.1. The van der Waals surface area contributed by atoms with Crippen molar-refractivity contribution in [2.24, 2.45) is 23.7 Å². The van der Waals surface area contributed by atoms with E-state index in [0.717, 1.165) is 88.1 Å². The van der Waals surface area contributed by atoms with Crippen LogP contribution in [-0.2, 0) is 14.3 Å². The highest BCUT2D eigenvalue weighted by molar-refractivity contribution is 5.86. The molecule has 2 bridgehead atoms. The third-order valence-electron chi connectivity index (χ3n) is 14.5. The van der Waals surface area contributed by atoms with Crippen LogP contribution in [0.15, 0.2) is 24.5 Å². The molecule has 1 aromatic carbocycles. The summed E-state index contributed by atoms with van der Waals surface area (Å²) in [5.41, 5.74) is 7.24. The summed E-state index contributed by atoms with van der Waals surface area (Å²) in [6.07, 6.45) is 13.9. The Morgan fingerprint density at radius 2 is 1.37 bits per heavy atom. The third kappa shape index (κ3) is 8.38. The van der Waals surface area contributed by atoms with E-state index in [1.54, 1.807) is 0 Å². The molecule has 2 aromatic heterocycles. The highest BCUT2D eigenvalue weighted by Gasteiger charge is 2.43. The maximum absolute atomic E-state index is 14.1. The normalized spacial score (nSPS) is 27.7. The van der Waals surface area contributed by atoms with Crippen molar-refractivity contribution >= 4 is 17.9 Å².